The van der Waals surface area contributed by atoms with Gasteiger partial charge in [-0.25, -0.2) is 5.01 Å². The molecule has 0 saturated heterocycles. The summed E-state index contributed by atoms with van der Waals surface area (Å²) in [5, 5.41) is 22.8. The predicted octanol–water partition coefficient (Wildman–Crippen LogP) is 6.35. The van der Waals surface area contributed by atoms with Crippen LogP contribution >= 0.6 is 34.4 Å². The van der Waals surface area contributed by atoms with Crippen LogP contribution in [0.2, 0.25) is 0 Å². The molecular weight excluding hydrogens is 597 g/mol. The molecule has 0 spiro atoms. The van der Waals surface area contributed by atoms with E-state index >= 15 is 0 Å². The smallest absolute Gasteiger partial charge is 0.261 e. The fourth-order valence-corrected chi connectivity index (χ4v) is 7.09. The second kappa shape index (κ2) is 13.5. The summed E-state index contributed by atoms with van der Waals surface area (Å²) >= 11 is 4.38. The first-order valence-corrected chi connectivity index (χ1v) is 16.7. The van der Waals surface area contributed by atoms with E-state index in [1.807, 2.05) is 51.7 Å². The largest absolute Gasteiger partial charge is 0.344 e. The lowest BCUT2D eigenvalue weighted by Crippen LogP contribution is -2.28. The molecule has 0 bridgehead atoms. The number of nitrogens with one attached hydrogen (secondary N) is 1. The highest BCUT2D eigenvalue weighted by Crippen LogP contribution is 2.35. The number of carbonyl (C=O) groups excluding carboxylic acids is 2. The van der Waals surface area contributed by atoms with Crippen molar-refractivity contribution >= 4 is 52.0 Å². The summed E-state index contributed by atoms with van der Waals surface area (Å²) in [7, 11) is 0. The van der Waals surface area contributed by atoms with E-state index in [2.05, 4.69) is 58.8 Å². The lowest BCUT2D eigenvalue weighted by molar-refractivity contribution is -0.130. The van der Waals surface area contributed by atoms with Gasteiger partial charge in [0.1, 0.15) is 0 Å². The monoisotopic (exact) mass is 626 g/mol. The van der Waals surface area contributed by atoms with Gasteiger partial charge >= 0.3 is 0 Å². The second-order valence-electron chi connectivity index (χ2n) is 10.1. The van der Waals surface area contributed by atoms with E-state index in [0.717, 1.165) is 22.6 Å². The maximum absolute atomic E-state index is 13.7. The van der Waals surface area contributed by atoms with Crippen LogP contribution < -0.4 is 5.32 Å². The van der Waals surface area contributed by atoms with Crippen LogP contribution in [0.25, 0.3) is 0 Å². The van der Waals surface area contributed by atoms with Crippen molar-refractivity contribution in [2.24, 2.45) is 5.10 Å². The minimum absolute atomic E-state index is 0.0905. The Morgan fingerprint density at radius 3 is 2.49 bits per heavy atom. The summed E-state index contributed by atoms with van der Waals surface area (Å²) in [5.74, 6) is 0.571. The van der Waals surface area contributed by atoms with Gasteiger partial charge in [0.15, 0.2) is 11.0 Å². The van der Waals surface area contributed by atoms with Gasteiger partial charge in [-0.15, -0.1) is 32.9 Å². The van der Waals surface area contributed by atoms with Crippen LogP contribution in [0, 0.1) is 6.92 Å². The number of benzene rings is 2. The lowest BCUT2D eigenvalue weighted by atomic mass is 10.00. The number of carbonyl (C=O) groups is 2. The Balaban J connectivity index is 1.19. The average Bonchev–Trinajstić information content (AvgIpc) is 3.85. The number of hydrogen-bond acceptors (Lipinski definition) is 8. The SMILES string of the molecule is Cc1ccc([C@@H]2CC(c3cccs3)=NN2C(=O)CSc2nnc(CNC(=O)c3cccs3)n2CCc2ccccc2)cc1. The molecule has 2 aromatic carbocycles. The van der Waals surface area contributed by atoms with Crippen molar-refractivity contribution < 1.29 is 9.59 Å². The summed E-state index contributed by atoms with van der Waals surface area (Å²) in [4.78, 5) is 28.0. The molecule has 3 aromatic heterocycles. The van der Waals surface area contributed by atoms with Crippen molar-refractivity contribution in [1.29, 1.82) is 0 Å². The molecule has 43 heavy (non-hydrogen) atoms. The highest BCUT2D eigenvalue weighted by Gasteiger charge is 2.33. The summed E-state index contributed by atoms with van der Waals surface area (Å²) < 4.78 is 2.00. The number of thioether (sulfide) groups is 1. The molecular formula is C32H30N6O2S3. The Kier molecular flexibility index (Phi) is 9.11. The van der Waals surface area contributed by atoms with E-state index in [-0.39, 0.29) is 30.2 Å². The molecule has 1 aliphatic rings. The molecule has 1 aliphatic heterocycles. The molecule has 1 N–H and O–H groups in total. The fourth-order valence-electron chi connectivity index (χ4n) is 4.89. The van der Waals surface area contributed by atoms with Crippen LogP contribution in [0.5, 0.6) is 0 Å². The molecule has 8 nitrogen and oxygen atoms in total. The molecule has 218 valence electrons. The van der Waals surface area contributed by atoms with Gasteiger partial charge < -0.3 is 9.88 Å². The van der Waals surface area contributed by atoms with E-state index in [4.69, 9.17) is 5.10 Å². The number of amides is 2. The molecule has 1 atom stereocenters. The van der Waals surface area contributed by atoms with Crippen molar-refractivity contribution in [3.8, 4) is 0 Å². The zero-order valence-corrected chi connectivity index (χ0v) is 26.0. The van der Waals surface area contributed by atoms with Crippen LogP contribution in [-0.4, -0.2) is 43.1 Å². The quantitative estimate of drug-likeness (QED) is 0.173. The zero-order valence-electron chi connectivity index (χ0n) is 23.6. The first-order chi connectivity index (χ1) is 21.0. The van der Waals surface area contributed by atoms with Crippen molar-refractivity contribution in [2.75, 3.05) is 5.75 Å². The molecule has 0 saturated carbocycles. The number of aromatic nitrogens is 3. The molecule has 5 aromatic rings. The number of aryl methyl sites for hydroxylation is 2. The highest BCUT2D eigenvalue weighted by atomic mass is 32.2. The zero-order chi connectivity index (χ0) is 29.6. The molecule has 11 heteroatoms. The van der Waals surface area contributed by atoms with Crippen LogP contribution in [0.15, 0.2) is 99.9 Å². The second-order valence-corrected chi connectivity index (χ2v) is 13.0. The summed E-state index contributed by atoms with van der Waals surface area (Å²) in [6, 6.07) is 26.0. The third kappa shape index (κ3) is 6.96. The van der Waals surface area contributed by atoms with Crippen LogP contribution in [0.4, 0.5) is 0 Å². The van der Waals surface area contributed by atoms with Gasteiger partial charge in [0.05, 0.1) is 33.8 Å². The molecule has 0 unspecified atom stereocenters. The molecule has 4 heterocycles. The van der Waals surface area contributed by atoms with Crippen LogP contribution in [0.1, 0.15) is 49.5 Å². The molecule has 0 aliphatic carbocycles. The third-order valence-corrected chi connectivity index (χ3v) is 9.91. The predicted molar refractivity (Wildman–Crippen MR) is 173 cm³/mol. The number of hydrogen-bond donors (Lipinski definition) is 1. The van der Waals surface area contributed by atoms with Gasteiger partial charge in [-0.05, 0) is 47.4 Å². The Morgan fingerprint density at radius 1 is 0.953 bits per heavy atom. The van der Waals surface area contributed by atoms with E-state index in [0.29, 0.717) is 28.8 Å². The van der Waals surface area contributed by atoms with E-state index < -0.39 is 0 Å². The van der Waals surface area contributed by atoms with Crippen molar-refractivity contribution in [1.82, 2.24) is 25.1 Å². The molecule has 6 rings (SSSR count). The van der Waals surface area contributed by atoms with Crippen molar-refractivity contribution in [2.45, 2.75) is 44.1 Å². The Hall–Kier alpha value is -4.06. The number of hydrazone groups is 1. The van der Waals surface area contributed by atoms with Gasteiger partial charge in [-0.3, -0.25) is 9.59 Å². The maximum atomic E-state index is 13.7. The number of thiophene rings is 2. The summed E-state index contributed by atoms with van der Waals surface area (Å²) in [6.45, 7) is 2.92. The Morgan fingerprint density at radius 2 is 1.74 bits per heavy atom. The Labute approximate surface area is 262 Å². The third-order valence-electron chi connectivity index (χ3n) is 7.17. The standard InChI is InChI=1S/C32H30N6O2S3/c1-22-11-13-24(14-12-22)26-19-25(27-9-5-17-41-27)36-38(26)30(39)21-43-32-35-34-29(20-33-31(40)28-10-6-18-42-28)37(32)16-15-23-7-3-2-4-8-23/h2-14,17-18,26H,15-16,19-21H2,1H3,(H,33,40)/t26-/m0/s1. The van der Waals surface area contributed by atoms with Crippen molar-refractivity contribution in [3.05, 3.63) is 122 Å². The fraction of sp³-hybridized carbons (Fsp3) is 0.219. The van der Waals surface area contributed by atoms with E-state index in [1.54, 1.807) is 22.4 Å². The Bertz CT molecular complexity index is 1700. The van der Waals surface area contributed by atoms with Crippen LogP contribution in [-0.2, 0) is 24.3 Å². The molecule has 0 fully saturated rings. The van der Waals surface area contributed by atoms with E-state index in [1.165, 1.54) is 34.2 Å². The van der Waals surface area contributed by atoms with Gasteiger partial charge in [-0.2, -0.15) is 5.10 Å². The first kappa shape index (κ1) is 29.0. The van der Waals surface area contributed by atoms with Crippen LogP contribution in [0.3, 0.4) is 0 Å². The summed E-state index contributed by atoms with van der Waals surface area (Å²) in [6.07, 6.45) is 1.43. The minimum Gasteiger partial charge on any atom is -0.344 e. The van der Waals surface area contributed by atoms with Gasteiger partial charge in [0, 0.05) is 13.0 Å². The van der Waals surface area contributed by atoms with Gasteiger partial charge in [0.2, 0.25) is 0 Å². The maximum Gasteiger partial charge on any atom is 0.261 e. The first-order valence-electron chi connectivity index (χ1n) is 14.0. The molecule has 0 radical (unpaired) electrons. The summed E-state index contributed by atoms with van der Waals surface area (Å²) in [5.41, 5.74) is 4.35. The van der Waals surface area contributed by atoms with Gasteiger partial charge in [-0.1, -0.05) is 84.1 Å². The normalized spacial score (nSPS) is 14.6. The van der Waals surface area contributed by atoms with Crippen molar-refractivity contribution in [3.63, 3.8) is 0 Å². The minimum atomic E-state index is -0.162. The average molecular weight is 627 g/mol. The molecule has 2 amide bonds. The van der Waals surface area contributed by atoms with E-state index in [9.17, 15) is 9.59 Å². The number of rotatable bonds is 11. The van der Waals surface area contributed by atoms with Gasteiger partial charge in [0.25, 0.3) is 11.8 Å². The number of nitrogens with zero attached hydrogens (tertiary/aromatic N) is 5. The topological polar surface area (TPSA) is 92.5 Å². The lowest BCUT2D eigenvalue weighted by Gasteiger charge is -2.22. The highest BCUT2D eigenvalue weighted by molar-refractivity contribution is 7.99.